The lowest BCUT2D eigenvalue weighted by molar-refractivity contribution is -0.120. The van der Waals surface area contributed by atoms with Crippen molar-refractivity contribution in [1.29, 1.82) is 0 Å². The molecule has 32 heavy (non-hydrogen) atoms. The zero-order valence-electron chi connectivity index (χ0n) is 18.9. The van der Waals surface area contributed by atoms with E-state index in [9.17, 15) is 4.79 Å². The summed E-state index contributed by atoms with van der Waals surface area (Å²) in [5.74, 6) is -0.0177. The van der Waals surface area contributed by atoms with Crippen molar-refractivity contribution in [3.63, 3.8) is 0 Å². The second kappa shape index (κ2) is 10.4. The van der Waals surface area contributed by atoms with E-state index in [0.717, 1.165) is 49.5 Å². The average Bonchev–Trinajstić information content (AvgIpc) is 2.83. The number of carbonyl (C=O) groups is 1. The van der Waals surface area contributed by atoms with Gasteiger partial charge in [0.2, 0.25) is 5.91 Å². The van der Waals surface area contributed by atoms with Gasteiger partial charge >= 0.3 is 0 Å². The molecule has 166 valence electrons. The van der Waals surface area contributed by atoms with E-state index >= 15 is 0 Å². The van der Waals surface area contributed by atoms with Crippen LogP contribution in [-0.4, -0.2) is 37.2 Å². The summed E-state index contributed by atoms with van der Waals surface area (Å²) in [7, 11) is 0. The van der Waals surface area contributed by atoms with Crippen molar-refractivity contribution in [2.24, 2.45) is 0 Å². The molecule has 1 amide bonds. The molecule has 1 fully saturated rings. The van der Waals surface area contributed by atoms with Gasteiger partial charge < -0.3 is 15.0 Å². The molecule has 0 bridgehead atoms. The summed E-state index contributed by atoms with van der Waals surface area (Å²) < 4.78 is 5.47. The van der Waals surface area contributed by atoms with Crippen LogP contribution in [0.25, 0.3) is 11.1 Å². The largest absolute Gasteiger partial charge is 0.378 e. The number of carbonyl (C=O) groups excluding carboxylic acids is 1. The second-order valence-corrected chi connectivity index (χ2v) is 8.28. The van der Waals surface area contributed by atoms with Crippen molar-refractivity contribution in [3.8, 4) is 11.1 Å². The lowest BCUT2D eigenvalue weighted by Crippen LogP contribution is -2.36. The number of benzene rings is 2. The molecular weight excluding hydrogens is 398 g/mol. The second-order valence-electron chi connectivity index (χ2n) is 8.28. The molecule has 0 spiro atoms. The third-order valence-electron chi connectivity index (χ3n) is 5.90. The van der Waals surface area contributed by atoms with Crippen molar-refractivity contribution in [2.45, 2.75) is 33.2 Å². The number of rotatable bonds is 7. The van der Waals surface area contributed by atoms with E-state index in [1.165, 1.54) is 22.4 Å². The SMILES string of the molecule is CCc1cc(N2CCOCC2)ccc1-c1ccc(CC(=O)NCc2cccc(C)c2)nc1. The van der Waals surface area contributed by atoms with Crippen molar-refractivity contribution >= 4 is 11.6 Å². The summed E-state index contributed by atoms with van der Waals surface area (Å²) in [4.78, 5) is 19.3. The zero-order chi connectivity index (χ0) is 22.3. The smallest absolute Gasteiger partial charge is 0.226 e. The Morgan fingerprint density at radius 3 is 2.66 bits per heavy atom. The van der Waals surface area contributed by atoms with Crippen LogP contribution in [0.15, 0.2) is 60.8 Å². The number of aromatic nitrogens is 1. The third-order valence-corrected chi connectivity index (χ3v) is 5.90. The maximum absolute atomic E-state index is 12.3. The number of pyridine rings is 1. The lowest BCUT2D eigenvalue weighted by atomic mass is 9.98. The number of aryl methyl sites for hydroxylation is 2. The number of amides is 1. The molecule has 1 aliphatic rings. The minimum Gasteiger partial charge on any atom is -0.378 e. The Balaban J connectivity index is 1.40. The summed E-state index contributed by atoms with van der Waals surface area (Å²) in [5.41, 5.74) is 7.92. The van der Waals surface area contributed by atoms with Gasteiger partial charge in [0.25, 0.3) is 0 Å². The molecule has 0 aliphatic carbocycles. The van der Waals surface area contributed by atoms with E-state index in [4.69, 9.17) is 4.74 Å². The first-order chi connectivity index (χ1) is 15.6. The van der Waals surface area contributed by atoms with Crippen LogP contribution in [0.3, 0.4) is 0 Å². The molecule has 1 N–H and O–H groups in total. The number of nitrogens with one attached hydrogen (secondary N) is 1. The maximum Gasteiger partial charge on any atom is 0.226 e. The number of hydrogen-bond donors (Lipinski definition) is 1. The fourth-order valence-electron chi connectivity index (χ4n) is 4.11. The molecule has 2 aromatic carbocycles. The van der Waals surface area contributed by atoms with Gasteiger partial charge in [0, 0.05) is 42.8 Å². The molecule has 1 aliphatic heterocycles. The van der Waals surface area contributed by atoms with Crippen LogP contribution in [0.5, 0.6) is 0 Å². The van der Waals surface area contributed by atoms with E-state index < -0.39 is 0 Å². The zero-order valence-corrected chi connectivity index (χ0v) is 18.9. The Morgan fingerprint density at radius 2 is 1.94 bits per heavy atom. The molecule has 0 radical (unpaired) electrons. The Kier molecular flexibility index (Phi) is 7.17. The number of anilines is 1. The standard InChI is InChI=1S/C27H31N3O2/c1-3-22-16-25(30-11-13-32-14-12-30)9-10-26(22)23-7-8-24(28-19-23)17-27(31)29-18-21-6-4-5-20(2)15-21/h4-10,15-16,19H,3,11-14,17-18H2,1-2H3,(H,29,31). The maximum atomic E-state index is 12.3. The minimum atomic E-state index is -0.0177. The van der Waals surface area contributed by atoms with Gasteiger partial charge in [0.1, 0.15) is 0 Å². The topological polar surface area (TPSA) is 54.5 Å². The monoisotopic (exact) mass is 429 g/mol. The predicted molar refractivity (Wildman–Crippen MR) is 129 cm³/mol. The highest BCUT2D eigenvalue weighted by molar-refractivity contribution is 5.78. The van der Waals surface area contributed by atoms with Crippen molar-refractivity contribution in [1.82, 2.24) is 10.3 Å². The minimum absolute atomic E-state index is 0.0177. The van der Waals surface area contributed by atoms with Crippen LogP contribution in [0.2, 0.25) is 0 Å². The molecular formula is C27H31N3O2. The highest BCUT2D eigenvalue weighted by atomic mass is 16.5. The van der Waals surface area contributed by atoms with Gasteiger partial charge in [-0.15, -0.1) is 0 Å². The number of ether oxygens (including phenoxy) is 1. The van der Waals surface area contributed by atoms with Gasteiger partial charge in [0.05, 0.1) is 19.6 Å². The van der Waals surface area contributed by atoms with Crippen LogP contribution in [-0.2, 0) is 28.9 Å². The summed E-state index contributed by atoms with van der Waals surface area (Å²) in [6.07, 6.45) is 3.12. The first-order valence-corrected chi connectivity index (χ1v) is 11.4. The van der Waals surface area contributed by atoms with E-state index in [0.29, 0.717) is 6.54 Å². The Bertz CT molecular complexity index is 1060. The van der Waals surface area contributed by atoms with Gasteiger partial charge in [-0.2, -0.15) is 0 Å². The molecule has 5 nitrogen and oxygen atoms in total. The van der Waals surface area contributed by atoms with Crippen LogP contribution < -0.4 is 10.2 Å². The summed E-state index contributed by atoms with van der Waals surface area (Å²) in [6.45, 7) is 8.21. The Labute approximate surface area is 190 Å². The Hall–Kier alpha value is -3.18. The van der Waals surface area contributed by atoms with E-state index in [2.05, 4.69) is 65.4 Å². The quantitative estimate of drug-likeness (QED) is 0.608. The summed E-state index contributed by atoms with van der Waals surface area (Å²) >= 11 is 0. The molecule has 1 aromatic heterocycles. The van der Waals surface area contributed by atoms with E-state index in [1.807, 2.05) is 24.4 Å². The van der Waals surface area contributed by atoms with Crippen molar-refractivity contribution < 1.29 is 9.53 Å². The molecule has 3 aromatic rings. The normalized spacial score (nSPS) is 13.8. The van der Waals surface area contributed by atoms with Gasteiger partial charge in [0.15, 0.2) is 0 Å². The third kappa shape index (κ3) is 5.54. The van der Waals surface area contributed by atoms with Gasteiger partial charge in [-0.05, 0) is 48.2 Å². The summed E-state index contributed by atoms with van der Waals surface area (Å²) in [6, 6.07) is 18.9. The fraction of sp³-hybridized carbons (Fsp3) is 0.333. The highest BCUT2D eigenvalue weighted by Crippen LogP contribution is 2.28. The molecule has 4 rings (SSSR count). The highest BCUT2D eigenvalue weighted by Gasteiger charge is 2.14. The first kappa shape index (κ1) is 22.0. The van der Waals surface area contributed by atoms with Crippen molar-refractivity contribution in [3.05, 3.63) is 83.2 Å². The predicted octanol–water partition coefficient (Wildman–Crippen LogP) is 4.31. The molecule has 0 saturated carbocycles. The van der Waals surface area contributed by atoms with Crippen LogP contribution in [0, 0.1) is 6.92 Å². The molecule has 1 saturated heterocycles. The molecule has 0 unspecified atom stereocenters. The number of morpholine rings is 1. The molecule has 0 atom stereocenters. The fourth-order valence-corrected chi connectivity index (χ4v) is 4.11. The molecule has 5 heteroatoms. The van der Waals surface area contributed by atoms with E-state index in [-0.39, 0.29) is 12.3 Å². The Morgan fingerprint density at radius 1 is 1.09 bits per heavy atom. The average molecular weight is 430 g/mol. The molecule has 2 heterocycles. The first-order valence-electron chi connectivity index (χ1n) is 11.4. The van der Waals surface area contributed by atoms with Crippen LogP contribution in [0.4, 0.5) is 5.69 Å². The summed E-state index contributed by atoms with van der Waals surface area (Å²) in [5, 5.41) is 2.98. The number of nitrogens with zero attached hydrogens (tertiary/aromatic N) is 2. The van der Waals surface area contributed by atoms with Crippen LogP contribution in [0.1, 0.15) is 29.3 Å². The number of hydrogen-bond acceptors (Lipinski definition) is 4. The van der Waals surface area contributed by atoms with E-state index in [1.54, 1.807) is 0 Å². The van der Waals surface area contributed by atoms with Gasteiger partial charge in [-0.25, -0.2) is 0 Å². The van der Waals surface area contributed by atoms with Crippen molar-refractivity contribution in [2.75, 3.05) is 31.2 Å². The van der Waals surface area contributed by atoms with Gasteiger partial charge in [-0.1, -0.05) is 48.9 Å². The lowest BCUT2D eigenvalue weighted by Gasteiger charge is -2.29. The van der Waals surface area contributed by atoms with Gasteiger partial charge in [-0.3, -0.25) is 9.78 Å². The van der Waals surface area contributed by atoms with Crippen LogP contribution >= 0.6 is 0 Å².